The quantitative estimate of drug-likeness (QED) is 0.390. The van der Waals surface area contributed by atoms with Gasteiger partial charge in [0.2, 0.25) is 0 Å². The van der Waals surface area contributed by atoms with E-state index < -0.39 is 0 Å². The van der Waals surface area contributed by atoms with E-state index >= 15 is 0 Å². The maximum Gasteiger partial charge on any atom is 2.00 e. The molecule has 0 bridgehead atoms. The normalized spacial score (nSPS) is 0. The smallest absolute Gasteiger partial charge is 1.00 e. The van der Waals surface area contributed by atoms with Gasteiger partial charge in [-0.1, -0.05) is 0 Å². The van der Waals surface area contributed by atoms with E-state index in [1.807, 2.05) is 0 Å². The molecule has 31 valence electrons. The van der Waals surface area contributed by atoms with Crippen LogP contribution in [0.2, 0.25) is 0 Å². The van der Waals surface area contributed by atoms with Crippen LogP contribution in [0.5, 0.6) is 0 Å². The molecule has 1 radical (unpaired) electrons. The summed E-state index contributed by atoms with van der Waals surface area (Å²) in [4.78, 5) is 0. The van der Waals surface area contributed by atoms with Crippen molar-refractivity contribution in [2.75, 3.05) is 0 Å². The molecule has 0 N–H and O–H groups in total. The molecule has 0 fully saturated rings. The zero-order valence-corrected chi connectivity index (χ0v) is 10.9. The van der Waals surface area contributed by atoms with Crippen LogP contribution in [-0.4, -0.2) is 74.9 Å². The fourth-order valence-electron chi connectivity index (χ4n) is 0. The van der Waals surface area contributed by atoms with Crippen LogP contribution >= 0.6 is 0 Å². The topological polar surface area (TPSA) is 0 Å². The third kappa shape index (κ3) is 8.92. The van der Waals surface area contributed by atoms with Crippen LogP contribution in [0, 0.1) is 0 Å². The molecule has 0 rings (SSSR count). The van der Waals surface area contributed by atoms with Crippen molar-refractivity contribution in [1.29, 1.82) is 0 Å². The van der Waals surface area contributed by atoms with Crippen LogP contribution in [-0.2, 0) is 22.4 Å². The van der Waals surface area contributed by atoms with Gasteiger partial charge in [0, 0.05) is 22.4 Å². The van der Waals surface area contributed by atoms with Gasteiger partial charge in [-0.3, -0.25) is 0 Å². The Morgan fingerprint density at radius 1 is 1.25 bits per heavy atom. The van der Waals surface area contributed by atoms with E-state index in [-0.39, 0.29) is 100 Å². The first-order chi connectivity index (χ1) is 0. The largest absolute Gasteiger partial charge is 2.00 e. The first-order valence-electron chi connectivity index (χ1n) is 0. The van der Waals surface area contributed by atoms with Gasteiger partial charge in [-0.25, -0.2) is 0 Å². The van der Waals surface area contributed by atoms with E-state index in [0.29, 0.717) is 0 Å². The predicted octanol–water partition coefficient (Wildman–Crippen LogP) is -2.79. The van der Waals surface area contributed by atoms with Crippen molar-refractivity contribution in [1.82, 2.24) is 0 Å². The van der Waals surface area contributed by atoms with Gasteiger partial charge in [-0.2, -0.15) is 0 Å². The van der Waals surface area contributed by atoms with Gasteiger partial charge >= 0.3 is 63.9 Å². The summed E-state index contributed by atoms with van der Waals surface area (Å²) in [6.07, 6.45) is 0. The minimum Gasteiger partial charge on any atom is -1.00 e. The Bertz CT molecular complexity index is 13.5. The van der Waals surface area contributed by atoms with Crippen LogP contribution in [0.4, 0.5) is 0 Å². The summed E-state index contributed by atoms with van der Waals surface area (Å²) in [7, 11) is 0. The Morgan fingerprint density at radius 2 is 1.25 bits per heavy atom. The molecule has 0 aromatic rings. The van der Waals surface area contributed by atoms with Crippen molar-refractivity contribution < 1.29 is 25.2 Å². The fourth-order valence-corrected chi connectivity index (χ4v) is 0. The third-order valence-electron chi connectivity index (χ3n) is 0. The van der Waals surface area contributed by atoms with E-state index in [0.717, 1.165) is 0 Å². The second-order valence-electron chi connectivity index (χ2n) is 0. The Kier molecular flexibility index (Phi) is 113. The molecular weight excluding hydrogens is 385 g/mol. The van der Waals surface area contributed by atoms with Gasteiger partial charge in [-0.05, 0) is 11.0 Å². The molecule has 0 aromatic heterocycles. The number of hydrogen-bond acceptors (Lipinski definition) is 0. The van der Waals surface area contributed by atoms with Crippen molar-refractivity contribution in [2.24, 2.45) is 0 Å². The monoisotopic (exact) mass is 393 g/mol. The molecule has 0 spiro atoms. The van der Waals surface area contributed by atoms with Gasteiger partial charge < -0.3 is 2.85 Å². The Hall–Kier alpha value is 3.10. The second-order valence-corrected chi connectivity index (χ2v) is 0. The molecule has 0 nitrogen and oxygen atoms in total. The molecule has 0 unspecified atom stereocenters. The average Bonchev–Trinajstić information content (AvgIpc) is 0. The van der Waals surface area contributed by atoms with E-state index in [1.54, 1.807) is 0 Å². The number of rotatable bonds is 0. The maximum atomic E-state index is 0. The van der Waals surface area contributed by atoms with Crippen LogP contribution in [0.25, 0.3) is 0 Å². The summed E-state index contributed by atoms with van der Waals surface area (Å²) in [5, 5.41) is 0. The van der Waals surface area contributed by atoms with Gasteiger partial charge in [-0.15, -0.1) is 0 Å². The van der Waals surface area contributed by atoms with Gasteiger partial charge in [0.05, 0.1) is 0 Å². The summed E-state index contributed by atoms with van der Waals surface area (Å²) in [5.41, 5.74) is 0. The fraction of sp³-hybridized carbons (Fsp3) is 0. The molecular formula is H9AgBiCaSi. The Labute approximate surface area is 98.1 Å². The standard InChI is InChI=1S/Ag.Bi.Ca.H4Si.5H/h;;;1H4;;;;;/q;;+2;;;;;2*-1. The molecule has 0 saturated heterocycles. The van der Waals surface area contributed by atoms with Gasteiger partial charge in [0.25, 0.3) is 0 Å². The van der Waals surface area contributed by atoms with Crippen LogP contribution in [0.15, 0.2) is 0 Å². The Morgan fingerprint density at radius 3 is 1.25 bits per heavy atom. The third-order valence-corrected chi connectivity index (χ3v) is 0. The van der Waals surface area contributed by atoms with Crippen LogP contribution in [0.3, 0.4) is 0 Å². The zero-order valence-electron chi connectivity index (χ0n) is 3.72. The molecule has 0 aliphatic rings. The zero-order chi connectivity index (χ0) is 0. The van der Waals surface area contributed by atoms with Crippen molar-refractivity contribution >= 4 is 74.9 Å². The minimum absolute atomic E-state index is 0. The van der Waals surface area contributed by atoms with E-state index in [1.165, 1.54) is 0 Å². The molecule has 0 heterocycles. The van der Waals surface area contributed by atoms with Crippen molar-refractivity contribution in [3.8, 4) is 0 Å². The minimum atomic E-state index is 0. The van der Waals surface area contributed by atoms with Gasteiger partial charge in [0.1, 0.15) is 0 Å². The first kappa shape index (κ1) is 27.5. The molecule has 0 aromatic carbocycles. The molecule has 4 heavy (non-hydrogen) atoms. The van der Waals surface area contributed by atoms with Crippen LogP contribution in [0.1, 0.15) is 2.85 Å². The van der Waals surface area contributed by atoms with E-state index in [2.05, 4.69) is 0 Å². The van der Waals surface area contributed by atoms with Crippen molar-refractivity contribution in [3.63, 3.8) is 0 Å². The molecule has 0 saturated carbocycles. The molecule has 0 atom stereocenters. The SMILES string of the molecule is [Ag].[BiH3].[Ca+2].[H-].[H-].[SiH4]. The summed E-state index contributed by atoms with van der Waals surface area (Å²) < 4.78 is 0. The van der Waals surface area contributed by atoms with Crippen molar-refractivity contribution in [2.45, 2.75) is 0 Å². The summed E-state index contributed by atoms with van der Waals surface area (Å²) >= 11 is 0. The number of hydrogen-bond donors (Lipinski definition) is 0. The summed E-state index contributed by atoms with van der Waals surface area (Å²) in [6, 6.07) is 0. The van der Waals surface area contributed by atoms with Crippen molar-refractivity contribution in [3.05, 3.63) is 0 Å². The first-order valence-corrected chi connectivity index (χ1v) is 0. The molecule has 0 amide bonds. The molecule has 0 aliphatic carbocycles. The van der Waals surface area contributed by atoms with Gasteiger partial charge in [0.15, 0.2) is 0 Å². The molecule has 0 aliphatic heterocycles. The average molecular weight is 394 g/mol. The Balaban J connectivity index is 0. The maximum absolute atomic E-state index is 0. The van der Waals surface area contributed by atoms with E-state index in [4.69, 9.17) is 0 Å². The molecule has 4 heteroatoms. The predicted molar refractivity (Wildman–Crippen MR) is 29.3 cm³/mol. The van der Waals surface area contributed by atoms with Crippen LogP contribution < -0.4 is 0 Å². The summed E-state index contributed by atoms with van der Waals surface area (Å²) in [5.74, 6) is 0. The summed E-state index contributed by atoms with van der Waals surface area (Å²) in [6.45, 7) is 0. The van der Waals surface area contributed by atoms with E-state index in [9.17, 15) is 0 Å². The second kappa shape index (κ2) is 16.5.